The molecular weight excluding hydrogens is 897 g/mol. The van der Waals surface area contributed by atoms with Crippen molar-refractivity contribution in [2.75, 3.05) is 4.90 Å². The molecule has 2 aliphatic heterocycles. The number of anilines is 3. The summed E-state index contributed by atoms with van der Waals surface area (Å²) in [6, 6.07) is 102. The highest BCUT2D eigenvalue weighted by atomic mass is 15.4. The Bertz CT molecular complexity index is 3680. The number of nitrogens with zero attached hydrogens (tertiary/aromatic N) is 1. The third-order valence-electron chi connectivity index (χ3n) is 15.6. The molecule has 11 aromatic rings. The summed E-state index contributed by atoms with van der Waals surface area (Å²) in [6.07, 6.45) is -0.346. The van der Waals surface area contributed by atoms with Gasteiger partial charge in [-0.05, 0) is 131 Å². The van der Waals surface area contributed by atoms with Crippen molar-refractivity contribution < 1.29 is 0 Å². The molecule has 1 saturated heterocycles. The van der Waals surface area contributed by atoms with Gasteiger partial charge in [-0.1, -0.05) is 243 Å². The average molecular weight is 949 g/mol. The molecule has 1 spiro atoms. The van der Waals surface area contributed by atoms with Crippen LogP contribution in [0.3, 0.4) is 0 Å². The zero-order valence-electron chi connectivity index (χ0n) is 40.7. The van der Waals surface area contributed by atoms with Crippen molar-refractivity contribution >= 4 is 17.1 Å². The van der Waals surface area contributed by atoms with Crippen LogP contribution in [-0.2, 0) is 5.41 Å². The van der Waals surface area contributed by atoms with Gasteiger partial charge in [0.15, 0.2) is 0 Å². The SMILES string of the molecule is c1ccc(-c2ccc(C3NC(c4ccc(-c5ccccc5)cc4)NC(c4cccc(-c5ccc(-c6ccc7c(c6)C6(c8ccccc8-7)c7ccccc7N(c7ccccc7)c7ccccc76)cc5)c4)N3)cc2)cc1. The summed E-state index contributed by atoms with van der Waals surface area (Å²) < 4.78 is 0. The van der Waals surface area contributed by atoms with Crippen molar-refractivity contribution in [3.63, 3.8) is 0 Å². The van der Waals surface area contributed by atoms with Crippen molar-refractivity contribution in [2.24, 2.45) is 0 Å². The van der Waals surface area contributed by atoms with Crippen molar-refractivity contribution in [1.82, 2.24) is 16.0 Å². The van der Waals surface area contributed by atoms with Crippen LogP contribution in [0.1, 0.15) is 57.4 Å². The largest absolute Gasteiger partial charge is 0.310 e. The summed E-state index contributed by atoms with van der Waals surface area (Å²) in [5, 5.41) is 11.8. The minimum Gasteiger partial charge on any atom is -0.310 e. The number of nitrogens with one attached hydrogen (secondary N) is 3. The van der Waals surface area contributed by atoms with Gasteiger partial charge >= 0.3 is 0 Å². The molecule has 4 nitrogen and oxygen atoms in total. The van der Waals surface area contributed by atoms with Crippen molar-refractivity contribution in [1.29, 1.82) is 0 Å². The molecule has 74 heavy (non-hydrogen) atoms. The van der Waals surface area contributed by atoms with Crippen LogP contribution >= 0.6 is 0 Å². The highest BCUT2D eigenvalue weighted by Crippen LogP contribution is 2.63. The predicted molar refractivity (Wildman–Crippen MR) is 304 cm³/mol. The van der Waals surface area contributed by atoms with E-state index in [1.165, 1.54) is 106 Å². The van der Waals surface area contributed by atoms with Crippen LogP contribution in [0.4, 0.5) is 17.1 Å². The Morgan fingerprint density at radius 1 is 0.257 bits per heavy atom. The van der Waals surface area contributed by atoms with E-state index < -0.39 is 5.41 Å². The van der Waals surface area contributed by atoms with Gasteiger partial charge in [-0.25, -0.2) is 0 Å². The van der Waals surface area contributed by atoms with E-state index in [9.17, 15) is 0 Å². The number of rotatable bonds is 8. The van der Waals surface area contributed by atoms with Gasteiger partial charge in [0.05, 0.1) is 35.3 Å². The van der Waals surface area contributed by atoms with E-state index in [1.54, 1.807) is 0 Å². The quantitative estimate of drug-likeness (QED) is 0.142. The van der Waals surface area contributed by atoms with E-state index in [-0.39, 0.29) is 18.5 Å². The van der Waals surface area contributed by atoms with Gasteiger partial charge in [0, 0.05) is 5.69 Å². The lowest BCUT2D eigenvalue weighted by molar-refractivity contribution is 0.203. The number of para-hydroxylation sites is 3. The van der Waals surface area contributed by atoms with Gasteiger partial charge in [0.25, 0.3) is 0 Å². The fourth-order valence-electron chi connectivity index (χ4n) is 12.1. The lowest BCUT2D eigenvalue weighted by Crippen LogP contribution is -2.54. The van der Waals surface area contributed by atoms with Crippen LogP contribution in [0.25, 0.3) is 55.6 Å². The Kier molecular flexibility index (Phi) is 10.8. The van der Waals surface area contributed by atoms with Crippen LogP contribution in [0.5, 0.6) is 0 Å². The minimum absolute atomic E-state index is 0.106. The summed E-state index contributed by atoms with van der Waals surface area (Å²) in [4.78, 5) is 2.44. The van der Waals surface area contributed by atoms with Crippen LogP contribution in [-0.4, -0.2) is 0 Å². The number of benzene rings is 11. The molecule has 3 aliphatic rings. The van der Waals surface area contributed by atoms with Crippen molar-refractivity contribution in [2.45, 2.75) is 23.9 Å². The molecule has 0 bridgehead atoms. The number of hydrogen-bond acceptors (Lipinski definition) is 4. The van der Waals surface area contributed by atoms with Crippen molar-refractivity contribution in [3.8, 4) is 55.6 Å². The van der Waals surface area contributed by atoms with Crippen LogP contribution < -0.4 is 20.9 Å². The number of hydrogen-bond donors (Lipinski definition) is 3. The standard InChI is InChI=1S/C70H52N4/c1-4-17-47(18-5-1)49-35-39-53(40-36-49)67-71-68(54-41-37-50(38-42-54)48-19-6-2-7-20-48)73-69(72-67)57-22-16-21-55(45-57)51-31-33-52(34-32-51)56-43-44-60-59-25-10-11-26-61(59)70(64(60)46-56)62-27-12-14-29-65(62)74(58-23-8-3-9-24-58)66-30-15-13-28-63(66)70/h1-46,67-69,71-73H. The summed E-state index contributed by atoms with van der Waals surface area (Å²) in [6.45, 7) is 0. The fraction of sp³-hybridized carbons (Fsp3) is 0.0571. The second kappa shape index (κ2) is 18.3. The lowest BCUT2D eigenvalue weighted by Gasteiger charge is -2.45. The monoisotopic (exact) mass is 948 g/mol. The van der Waals surface area contributed by atoms with Gasteiger partial charge in [-0.2, -0.15) is 0 Å². The maximum atomic E-state index is 3.94. The zero-order chi connectivity index (χ0) is 49.0. The Labute approximate surface area is 433 Å². The maximum absolute atomic E-state index is 3.94. The molecule has 0 amide bonds. The second-order valence-electron chi connectivity index (χ2n) is 19.7. The van der Waals surface area contributed by atoms with E-state index in [0.717, 1.165) is 5.69 Å². The van der Waals surface area contributed by atoms with E-state index in [0.29, 0.717) is 0 Å². The van der Waals surface area contributed by atoms with Crippen LogP contribution in [0.15, 0.2) is 279 Å². The number of fused-ring (bicyclic) bond motifs is 9. The average Bonchev–Trinajstić information content (AvgIpc) is 3.80. The molecule has 0 radical (unpaired) electrons. The van der Waals surface area contributed by atoms with Crippen molar-refractivity contribution in [3.05, 3.63) is 318 Å². The summed E-state index contributed by atoms with van der Waals surface area (Å²) in [5.74, 6) is 0. The molecule has 2 unspecified atom stereocenters. The summed E-state index contributed by atoms with van der Waals surface area (Å²) in [5.41, 5.74) is 23.9. The molecule has 0 saturated carbocycles. The second-order valence-corrected chi connectivity index (χ2v) is 19.7. The molecule has 3 N–H and O–H groups in total. The molecule has 2 atom stereocenters. The first-order chi connectivity index (χ1) is 36.7. The normalized spacial score (nSPS) is 17.0. The molecule has 0 aromatic heterocycles. The smallest absolute Gasteiger partial charge is 0.0864 e. The molecule has 2 heterocycles. The van der Waals surface area contributed by atoms with Gasteiger partial charge in [0.2, 0.25) is 0 Å². The first kappa shape index (κ1) is 43.9. The van der Waals surface area contributed by atoms with E-state index >= 15 is 0 Å². The van der Waals surface area contributed by atoms with Gasteiger partial charge < -0.3 is 4.90 Å². The zero-order valence-corrected chi connectivity index (χ0v) is 40.7. The third-order valence-corrected chi connectivity index (χ3v) is 15.6. The maximum Gasteiger partial charge on any atom is 0.0864 e. The topological polar surface area (TPSA) is 39.3 Å². The Morgan fingerprint density at radius 3 is 1.19 bits per heavy atom. The first-order valence-electron chi connectivity index (χ1n) is 25.8. The Hall–Kier alpha value is -8.90. The molecule has 352 valence electrons. The molecule has 1 fully saturated rings. The predicted octanol–water partition coefficient (Wildman–Crippen LogP) is 16.7. The van der Waals surface area contributed by atoms with E-state index in [2.05, 4.69) is 300 Å². The van der Waals surface area contributed by atoms with Crippen LogP contribution in [0, 0.1) is 0 Å². The molecule has 1 aliphatic carbocycles. The van der Waals surface area contributed by atoms with Gasteiger partial charge in [0.1, 0.15) is 0 Å². The molecule has 4 heteroatoms. The van der Waals surface area contributed by atoms with E-state index in [1.807, 2.05) is 0 Å². The highest BCUT2D eigenvalue weighted by Gasteiger charge is 2.51. The molecule has 11 aromatic carbocycles. The van der Waals surface area contributed by atoms with E-state index in [4.69, 9.17) is 0 Å². The third kappa shape index (κ3) is 7.42. The first-order valence-corrected chi connectivity index (χ1v) is 25.8. The van der Waals surface area contributed by atoms with Crippen LogP contribution in [0.2, 0.25) is 0 Å². The Balaban J connectivity index is 0.798. The highest BCUT2D eigenvalue weighted by molar-refractivity contribution is 5.96. The Morgan fingerprint density at radius 2 is 0.635 bits per heavy atom. The lowest BCUT2D eigenvalue weighted by atomic mass is 9.64. The minimum atomic E-state index is -0.507. The molecular formula is C70H52N4. The summed E-state index contributed by atoms with van der Waals surface area (Å²) >= 11 is 0. The molecule has 14 rings (SSSR count). The fourth-order valence-corrected chi connectivity index (χ4v) is 12.1. The van der Waals surface area contributed by atoms with Gasteiger partial charge in [-0.15, -0.1) is 0 Å². The summed E-state index contributed by atoms with van der Waals surface area (Å²) in [7, 11) is 0. The van der Waals surface area contributed by atoms with Gasteiger partial charge in [-0.3, -0.25) is 16.0 Å².